The number of aromatic nitrogens is 4. The third-order valence-corrected chi connectivity index (χ3v) is 10.3. The Bertz CT molecular complexity index is 1260. The third-order valence-electron chi connectivity index (χ3n) is 6.37. The lowest BCUT2D eigenvalue weighted by atomic mass is 10.3. The van der Waals surface area contributed by atoms with Crippen molar-refractivity contribution in [3.8, 4) is 0 Å². The summed E-state index contributed by atoms with van der Waals surface area (Å²) in [7, 11) is 0. The van der Waals surface area contributed by atoms with Crippen molar-refractivity contribution in [3.63, 3.8) is 0 Å². The summed E-state index contributed by atoms with van der Waals surface area (Å²) in [5, 5.41) is 3.68. The Morgan fingerprint density at radius 1 is 0.326 bits per heavy atom. The van der Waals surface area contributed by atoms with Gasteiger partial charge in [-0.15, -0.1) is 47.0 Å². The molecule has 248 valence electrons. The number of rotatable bonds is 0. The van der Waals surface area contributed by atoms with E-state index in [1.807, 2.05) is 48.5 Å². The van der Waals surface area contributed by atoms with E-state index in [-0.39, 0.29) is 0 Å². The van der Waals surface area contributed by atoms with E-state index < -0.39 is 0 Å². The summed E-state index contributed by atoms with van der Waals surface area (Å²) < 4.78 is 34.6. The highest BCUT2D eigenvalue weighted by molar-refractivity contribution is 8.02. The van der Waals surface area contributed by atoms with Crippen LogP contribution in [-0.2, 0) is 28.4 Å². The molecule has 1 aliphatic rings. The van der Waals surface area contributed by atoms with Crippen molar-refractivity contribution >= 4 is 69.1 Å². The highest BCUT2D eigenvalue weighted by atomic mass is 32.2. The van der Waals surface area contributed by atoms with Crippen LogP contribution in [0.15, 0.2) is 68.6 Å². The number of ether oxygens (including phenoxy) is 6. The van der Waals surface area contributed by atoms with Gasteiger partial charge in [0.15, 0.2) is 0 Å². The first-order chi connectivity index (χ1) is 22.9. The van der Waals surface area contributed by atoms with Gasteiger partial charge in [0.2, 0.25) is 0 Å². The molecular weight excluding hydrogens is 665 g/mol. The van der Waals surface area contributed by atoms with E-state index in [1.54, 1.807) is 47.0 Å². The second-order valence-corrected chi connectivity index (χ2v) is 14.0. The van der Waals surface area contributed by atoms with Crippen LogP contribution in [0.3, 0.4) is 0 Å². The Morgan fingerprint density at radius 3 is 0.783 bits per heavy atom. The lowest BCUT2D eigenvalue weighted by Crippen LogP contribution is -2.11. The fraction of sp³-hybridized carbons (Fsp3) is 0.500. The lowest BCUT2D eigenvalue weighted by molar-refractivity contribution is 0.0205. The number of hydrogen-bond donors (Lipinski definition) is 0. The largest absolute Gasteiger partial charge is 0.378 e. The molecule has 0 saturated heterocycles. The average Bonchev–Trinajstić information content (AvgIpc) is 3.08. The molecule has 46 heavy (non-hydrogen) atoms. The van der Waals surface area contributed by atoms with E-state index in [9.17, 15) is 0 Å². The van der Waals surface area contributed by atoms with Gasteiger partial charge in [-0.3, -0.25) is 0 Å². The summed E-state index contributed by atoms with van der Waals surface area (Å²) in [5.74, 6) is 3.11. The first kappa shape index (κ1) is 35.6. The van der Waals surface area contributed by atoms with Crippen LogP contribution < -0.4 is 0 Å². The molecule has 0 atom stereocenters. The van der Waals surface area contributed by atoms with Gasteiger partial charge in [-0.05, 0) is 24.3 Å². The van der Waals surface area contributed by atoms with E-state index in [0.29, 0.717) is 79.3 Å². The van der Waals surface area contributed by atoms with Crippen LogP contribution in [0.2, 0.25) is 0 Å². The smallest absolute Gasteiger partial charge is 0.129 e. The summed E-state index contributed by atoms with van der Waals surface area (Å²) in [4.78, 5) is 19.5. The summed E-state index contributed by atoms with van der Waals surface area (Å²) >= 11 is 6.65. The van der Waals surface area contributed by atoms with Gasteiger partial charge in [0.25, 0.3) is 0 Å². The van der Waals surface area contributed by atoms with Gasteiger partial charge in [0.1, 0.15) is 20.1 Å². The molecule has 0 radical (unpaired) electrons. The van der Waals surface area contributed by atoms with E-state index in [2.05, 4.69) is 0 Å². The number of hydrogen-bond acceptors (Lipinski definition) is 14. The molecule has 1 aliphatic heterocycles. The molecule has 0 saturated carbocycles. The van der Waals surface area contributed by atoms with Crippen LogP contribution in [0.5, 0.6) is 0 Å². The second kappa shape index (κ2) is 21.3. The molecule has 2 aromatic heterocycles. The van der Waals surface area contributed by atoms with Crippen LogP contribution in [0, 0.1) is 0 Å². The van der Waals surface area contributed by atoms with E-state index in [4.69, 9.17) is 48.4 Å². The fourth-order valence-corrected chi connectivity index (χ4v) is 7.80. The fourth-order valence-electron chi connectivity index (χ4n) is 4.18. The van der Waals surface area contributed by atoms with Crippen LogP contribution in [0.4, 0.5) is 0 Å². The van der Waals surface area contributed by atoms with E-state index >= 15 is 0 Å². The normalized spacial score (nSPS) is 18.8. The third kappa shape index (κ3) is 12.4. The second-order valence-electron chi connectivity index (χ2n) is 9.71. The van der Waals surface area contributed by atoms with Crippen molar-refractivity contribution in [1.29, 1.82) is 0 Å². The topological polar surface area (TPSA) is 107 Å². The number of thioether (sulfide) groups is 4. The Balaban J connectivity index is 1.09. The molecule has 10 nitrogen and oxygen atoms in total. The molecule has 0 bridgehead atoms. The van der Waals surface area contributed by atoms with Gasteiger partial charge in [0, 0.05) is 23.0 Å². The molecule has 5 rings (SSSR count). The minimum Gasteiger partial charge on any atom is -0.378 e. The molecule has 0 amide bonds. The Labute approximate surface area is 287 Å². The zero-order chi connectivity index (χ0) is 31.5. The Kier molecular flexibility index (Phi) is 16.5. The molecule has 14 heteroatoms. The van der Waals surface area contributed by atoms with Crippen LogP contribution >= 0.6 is 47.0 Å². The van der Waals surface area contributed by atoms with Crippen LogP contribution in [0.1, 0.15) is 0 Å². The molecule has 0 aliphatic carbocycles. The molecule has 0 fully saturated rings. The zero-order valence-corrected chi connectivity index (χ0v) is 29.1. The molecule has 4 aromatic rings. The minimum absolute atomic E-state index is 0.529. The predicted octanol–water partition coefficient (Wildman–Crippen LogP) is 5.75. The highest BCUT2D eigenvalue weighted by Gasteiger charge is 2.12. The van der Waals surface area contributed by atoms with Crippen molar-refractivity contribution in [3.05, 3.63) is 48.5 Å². The monoisotopic (exact) mass is 704 g/mol. The highest BCUT2D eigenvalue weighted by Crippen LogP contribution is 2.31. The summed E-state index contributed by atoms with van der Waals surface area (Å²) in [6.07, 6.45) is 0. The molecule has 3 heterocycles. The molecular formula is C32H40N4O6S4. The Hall–Kier alpha value is -1.72. The average molecular weight is 705 g/mol. The molecule has 0 unspecified atom stereocenters. The van der Waals surface area contributed by atoms with Gasteiger partial charge in [-0.1, -0.05) is 24.3 Å². The predicted molar refractivity (Wildman–Crippen MR) is 187 cm³/mol. The first-order valence-electron chi connectivity index (χ1n) is 15.4. The molecule has 0 N–H and O–H groups in total. The van der Waals surface area contributed by atoms with Crippen molar-refractivity contribution in [2.75, 3.05) is 102 Å². The quantitative estimate of drug-likeness (QED) is 0.222. The van der Waals surface area contributed by atoms with Gasteiger partial charge < -0.3 is 28.4 Å². The summed E-state index contributed by atoms with van der Waals surface area (Å²) in [6, 6.07) is 15.9. The maximum atomic E-state index is 5.80. The van der Waals surface area contributed by atoms with Crippen LogP contribution in [0.25, 0.3) is 22.1 Å². The molecule has 0 spiro atoms. The van der Waals surface area contributed by atoms with Crippen LogP contribution in [-0.4, -0.2) is 122 Å². The molecule has 2 aromatic carbocycles. The number of benzene rings is 2. The van der Waals surface area contributed by atoms with E-state index in [0.717, 1.165) is 65.2 Å². The van der Waals surface area contributed by atoms with Crippen molar-refractivity contribution in [1.82, 2.24) is 19.9 Å². The SMILES string of the molecule is c1ccc2nc3c(nc2c1)SCCOCCOCCOCCSc1nc2ccccc2nc1SCCOCCOCCOCCS3. The van der Waals surface area contributed by atoms with Gasteiger partial charge >= 0.3 is 0 Å². The lowest BCUT2D eigenvalue weighted by Gasteiger charge is -2.11. The van der Waals surface area contributed by atoms with Crippen molar-refractivity contribution in [2.45, 2.75) is 20.1 Å². The summed E-state index contributed by atoms with van der Waals surface area (Å²) in [5.41, 5.74) is 3.57. The zero-order valence-electron chi connectivity index (χ0n) is 25.8. The number of fused-ring (bicyclic) bond motifs is 4. The van der Waals surface area contributed by atoms with Crippen molar-refractivity contribution < 1.29 is 28.4 Å². The van der Waals surface area contributed by atoms with Gasteiger partial charge in [0.05, 0.1) is 101 Å². The Morgan fingerprint density at radius 2 is 0.543 bits per heavy atom. The van der Waals surface area contributed by atoms with E-state index in [1.165, 1.54) is 0 Å². The standard InChI is InChI=1S/C32H40N4O6S4/c1-2-6-26-25(5-1)33-29-30(34-26)44-22-18-40-14-10-38-12-16-42-20-24-46-32-31(35-27-7-3-4-8-28(27)36-32)45-23-19-41-15-11-37-9-13-39-17-21-43-29/h1-8H,9-24H2. The van der Waals surface area contributed by atoms with Gasteiger partial charge in [-0.25, -0.2) is 19.9 Å². The summed E-state index contributed by atoms with van der Waals surface area (Å²) in [6.45, 7) is 6.68. The van der Waals surface area contributed by atoms with Gasteiger partial charge in [-0.2, -0.15) is 0 Å². The first-order valence-corrected chi connectivity index (χ1v) is 19.3. The number of para-hydroxylation sites is 4. The maximum Gasteiger partial charge on any atom is 0.129 e. The number of nitrogens with zero attached hydrogens (tertiary/aromatic N) is 4. The maximum absolute atomic E-state index is 5.80. The van der Waals surface area contributed by atoms with Crippen molar-refractivity contribution in [2.24, 2.45) is 0 Å². The minimum atomic E-state index is 0.529.